The van der Waals surface area contributed by atoms with E-state index in [1.165, 1.54) is 0 Å². The van der Waals surface area contributed by atoms with Gasteiger partial charge in [0.25, 0.3) is 0 Å². The molecule has 0 aliphatic carbocycles. The van der Waals surface area contributed by atoms with Crippen molar-refractivity contribution in [2.45, 2.75) is 70.8 Å². The fourth-order valence-corrected chi connectivity index (χ4v) is 2.21. The van der Waals surface area contributed by atoms with Gasteiger partial charge in [0.2, 0.25) is 5.91 Å². The van der Waals surface area contributed by atoms with Gasteiger partial charge in [0.15, 0.2) is 0 Å². The Balaban J connectivity index is 3.79. The minimum absolute atomic E-state index is 0.0681. The Bertz CT molecular complexity index is 404. The number of nitrogens with zero attached hydrogens (tertiary/aromatic N) is 1. The van der Waals surface area contributed by atoms with Gasteiger partial charge < -0.3 is 15.1 Å². The van der Waals surface area contributed by atoms with Crippen LogP contribution in [0, 0.1) is 0 Å². The molecule has 0 aromatic heterocycles. The summed E-state index contributed by atoms with van der Waals surface area (Å²) in [5.41, 5.74) is 0. The summed E-state index contributed by atoms with van der Waals surface area (Å²) in [7, 11) is 1.76. The first kappa shape index (κ1) is 22.4. The first-order valence-electron chi connectivity index (χ1n) is 8.94. The molecular formula is C19H33NO4. The summed E-state index contributed by atoms with van der Waals surface area (Å²) in [6.07, 6.45) is 13.8. The van der Waals surface area contributed by atoms with Gasteiger partial charge >= 0.3 is 5.97 Å². The number of unbranched alkanes of at least 4 members (excludes halogenated alkanes) is 4. The molecule has 0 saturated carbocycles. The van der Waals surface area contributed by atoms with E-state index in [1.807, 2.05) is 18.2 Å². The predicted molar refractivity (Wildman–Crippen MR) is 96.8 cm³/mol. The van der Waals surface area contributed by atoms with Crippen molar-refractivity contribution in [1.82, 2.24) is 4.90 Å². The molecule has 5 heteroatoms. The summed E-state index contributed by atoms with van der Waals surface area (Å²) in [5.74, 6) is -0.717. The van der Waals surface area contributed by atoms with Crippen LogP contribution in [0.25, 0.3) is 0 Å². The first-order chi connectivity index (χ1) is 11.5. The second-order valence-electron chi connectivity index (χ2n) is 6.10. The van der Waals surface area contributed by atoms with E-state index in [4.69, 9.17) is 5.11 Å². The van der Waals surface area contributed by atoms with Crippen molar-refractivity contribution in [1.29, 1.82) is 0 Å². The largest absolute Gasteiger partial charge is 0.481 e. The first-order valence-corrected chi connectivity index (χ1v) is 8.94. The van der Waals surface area contributed by atoms with Crippen molar-refractivity contribution in [3.63, 3.8) is 0 Å². The zero-order chi connectivity index (χ0) is 18.2. The number of rotatable bonds is 14. The summed E-state index contributed by atoms with van der Waals surface area (Å²) >= 11 is 0. The Hall–Kier alpha value is -1.62. The molecule has 0 aromatic carbocycles. The standard InChI is InChI=1S/C19H33NO4/c1-3-4-7-12-17(21)13-8-6-11-16-20(2)18(22)14-9-5-10-15-19(23)24/h6,8,11,13,17,21H,3-5,7,9-10,12,14-16H2,1-2H3,(H,23,24). The zero-order valence-electron chi connectivity index (χ0n) is 15.1. The fraction of sp³-hybridized carbons (Fsp3) is 0.684. The Morgan fingerprint density at radius 2 is 1.75 bits per heavy atom. The van der Waals surface area contributed by atoms with Crippen molar-refractivity contribution in [2.24, 2.45) is 0 Å². The highest BCUT2D eigenvalue weighted by molar-refractivity contribution is 5.75. The molecule has 1 atom stereocenters. The highest BCUT2D eigenvalue weighted by atomic mass is 16.4. The maximum Gasteiger partial charge on any atom is 0.303 e. The minimum Gasteiger partial charge on any atom is -0.481 e. The van der Waals surface area contributed by atoms with E-state index in [9.17, 15) is 14.7 Å². The van der Waals surface area contributed by atoms with E-state index < -0.39 is 12.1 Å². The summed E-state index contributed by atoms with van der Waals surface area (Å²) in [6.45, 7) is 2.67. The van der Waals surface area contributed by atoms with Gasteiger partial charge in [-0.2, -0.15) is 0 Å². The molecular weight excluding hydrogens is 306 g/mol. The van der Waals surface area contributed by atoms with E-state index in [2.05, 4.69) is 6.92 Å². The number of hydrogen-bond donors (Lipinski definition) is 2. The van der Waals surface area contributed by atoms with Crippen LogP contribution >= 0.6 is 0 Å². The van der Waals surface area contributed by atoms with Crippen molar-refractivity contribution in [3.05, 3.63) is 24.3 Å². The lowest BCUT2D eigenvalue weighted by molar-refractivity contribution is -0.137. The van der Waals surface area contributed by atoms with E-state index in [-0.39, 0.29) is 12.3 Å². The molecule has 138 valence electrons. The lowest BCUT2D eigenvalue weighted by atomic mass is 10.1. The van der Waals surface area contributed by atoms with Crippen LogP contribution in [-0.2, 0) is 9.59 Å². The van der Waals surface area contributed by atoms with E-state index in [0.717, 1.165) is 38.5 Å². The second-order valence-corrected chi connectivity index (χ2v) is 6.10. The summed E-state index contributed by atoms with van der Waals surface area (Å²) < 4.78 is 0. The van der Waals surface area contributed by atoms with E-state index in [1.54, 1.807) is 18.0 Å². The molecule has 0 rings (SSSR count). The fourth-order valence-electron chi connectivity index (χ4n) is 2.21. The molecule has 1 amide bonds. The SMILES string of the molecule is CCCCCC(O)C=CC=CCN(C)C(=O)CCCCCC(=O)O. The van der Waals surface area contributed by atoms with Crippen LogP contribution in [0.3, 0.4) is 0 Å². The number of carbonyl (C=O) groups excluding carboxylic acids is 1. The second kappa shape index (κ2) is 14.9. The molecule has 0 saturated heterocycles. The number of aliphatic hydroxyl groups is 1. The Morgan fingerprint density at radius 1 is 1.04 bits per heavy atom. The number of likely N-dealkylation sites (N-methyl/N-ethyl adjacent to an activating group) is 1. The summed E-state index contributed by atoms with van der Waals surface area (Å²) in [5, 5.41) is 18.3. The van der Waals surface area contributed by atoms with Crippen molar-refractivity contribution in [2.75, 3.05) is 13.6 Å². The van der Waals surface area contributed by atoms with Gasteiger partial charge in [-0.05, 0) is 19.3 Å². The number of allylic oxidation sites excluding steroid dienone is 2. The molecule has 5 nitrogen and oxygen atoms in total. The number of aliphatic carboxylic acids is 1. The Morgan fingerprint density at radius 3 is 2.42 bits per heavy atom. The molecule has 0 spiro atoms. The van der Waals surface area contributed by atoms with E-state index in [0.29, 0.717) is 19.4 Å². The van der Waals surface area contributed by atoms with Gasteiger partial charge in [0, 0.05) is 26.4 Å². The van der Waals surface area contributed by atoms with Gasteiger partial charge in [-0.25, -0.2) is 0 Å². The molecule has 0 bridgehead atoms. The monoisotopic (exact) mass is 339 g/mol. The number of carboxylic acid groups (broad SMARTS) is 1. The lowest BCUT2D eigenvalue weighted by Gasteiger charge is -2.14. The van der Waals surface area contributed by atoms with Gasteiger partial charge in [0.05, 0.1) is 6.10 Å². The Labute approximate surface area is 146 Å². The molecule has 1 unspecified atom stereocenters. The molecule has 2 N–H and O–H groups in total. The number of carboxylic acids is 1. The predicted octanol–water partition coefficient (Wildman–Crippen LogP) is 3.53. The van der Waals surface area contributed by atoms with Gasteiger partial charge in [-0.15, -0.1) is 0 Å². The normalized spacial score (nSPS) is 12.8. The minimum atomic E-state index is -0.785. The zero-order valence-corrected chi connectivity index (χ0v) is 15.1. The van der Waals surface area contributed by atoms with Crippen molar-refractivity contribution in [3.8, 4) is 0 Å². The molecule has 0 radical (unpaired) electrons. The molecule has 0 fully saturated rings. The number of amides is 1. The highest BCUT2D eigenvalue weighted by Crippen LogP contribution is 2.06. The van der Waals surface area contributed by atoms with Crippen LogP contribution in [0.2, 0.25) is 0 Å². The third kappa shape index (κ3) is 14.0. The number of carbonyl (C=O) groups is 2. The lowest BCUT2D eigenvalue weighted by Crippen LogP contribution is -2.26. The van der Waals surface area contributed by atoms with Crippen molar-refractivity contribution >= 4 is 11.9 Å². The van der Waals surface area contributed by atoms with Crippen LogP contribution in [0.4, 0.5) is 0 Å². The molecule has 0 aliphatic rings. The van der Waals surface area contributed by atoms with Crippen LogP contribution in [0.15, 0.2) is 24.3 Å². The van der Waals surface area contributed by atoms with Gasteiger partial charge in [0.1, 0.15) is 0 Å². The molecule has 24 heavy (non-hydrogen) atoms. The molecule has 0 heterocycles. The number of hydrogen-bond acceptors (Lipinski definition) is 3. The average molecular weight is 339 g/mol. The van der Waals surface area contributed by atoms with Crippen LogP contribution < -0.4 is 0 Å². The summed E-state index contributed by atoms with van der Waals surface area (Å²) in [4.78, 5) is 23.9. The molecule has 0 aliphatic heterocycles. The molecule has 0 aromatic rings. The topological polar surface area (TPSA) is 77.8 Å². The quantitative estimate of drug-likeness (QED) is 0.375. The maximum atomic E-state index is 11.9. The maximum absolute atomic E-state index is 11.9. The third-order valence-corrected chi connectivity index (χ3v) is 3.77. The average Bonchev–Trinajstić information content (AvgIpc) is 2.53. The van der Waals surface area contributed by atoms with E-state index >= 15 is 0 Å². The summed E-state index contributed by atoms with van der Waals surface area (Å²) in [6, 6.07) is 0. The third-order valence-electron chi connectivity index (χ3n) is 3.77. The van der Waals surface area contributed by atoms with Gasteiger partial charge in [-0.1, -0.05) is 56.9 Å². The smallest absolute Gasteiger partial charge is 0.303 e. The van der Waals surface area contributed by atoms with Crippen molar-refractivity contribution < 1.29 is 19.8 Å². The van der Waals surface area contributed by atoms with Gasteiger partial charge in [-0.3, -0.25) is 9.59 Å². The van der Waals surface area contributed by atoms with Crippen LogP contribution in [-0.4, -0.2) is 46.7 Å². The Kier molecular flexibility index (Phi) is 13.9. The highest BCUT2D eigenvalue weighted by Gasteiger charge is 2.06. The van der Waals surface area contributed by atoms with Crippen LogP contribution in [0.5, 0.6) is 0 Å². The number of aliphatic hydroxyl groups excluding tert-OH is 1. The van der Waals surface area contributed by atoms with Crippen LogP contribution in [0.1, 0.15) is 64.7 Å².